The van der Waals surface area contributed by atoms with Gasteiger partial charge < -0.3 is 18.9 Å². The second-order valence-electron chi connectivity index (χ2n) is 3.44. The van der Waals surface area contributed by atoms with Gasteiger partial charge in [0.05, 0.1) is 20.3 Å². The summed E-state index contributed by atoms with van der Waals surface area (Å²) < 4.78 is 52.8. The van der Waals surface area contributed by atoms with Crippen molar-refractivity contribution in [3.8, 4) is 0 Å². The Kier molecular flexibility index (Phi) is 5.87. The first-order valence-electron chi connectivity index (χ1n) is 5.18. The van der Waals surface area contributed by atoms with Gasteiger partial charge in [-0.25, -0.2) is 4.79 Å². The van der Waals surface area contributed by atoms with Crippen molar-refractivity contribution in [1.82, 2.24) is 0 Å². The van der Waals surface area contributed by atoms with Crippen LogP contribution in [0.3, 0.4) is 0 Å². The molecule has 0 spiro atoms. The number of rotatable bonds is 7. The van der Waals surface area contributed by atoms with Crippen LogP contribution in [0.5, 0.6) is 0 Å². The maximum Gasteiger partial charge on any atom is 0.403 e. The topological polar surface area (TPSA) is 82.1 Å². The highest BCUT2D eigenvalue weighted by molar-refractivity contribution is 7.55. The molecule has 6 nitrogen and oxygen atoms in total. The Morgan fingerprint density at radius 3 is 1.94 bits per heavy atom. The third-order valence-corrected chi connectivity index (χ3v) is 4.43. The van der Waals surface area contributed by atoms with E-state index in [1.54, 1.807) is 0 Å². The standard InChI is InChI=1S/C9H17F2O6P/c1-5-16-18(14,17-6-2)9(10,11)8(3,13)7(12)15-4/h13H,5-6H2,1-4H3. The molecule has 0 rings (SSSR count). The molecule has 9 heteroatoms. The van der Waals surface area contributed by atoms with E-state index in [1.165, 1.54) is 13.8 Å². The predicted octanol–water partition coefficient (Wildman–Crippen LogP) is 1.77. The predicted molar refractivity (Wildman–Crippen MR) is 58.4 cm³/mol. The van der Waals surface area contributed by atoms with Gasteiger partial charge in [0.1, 0.15) is 0 Å². The maximum atomic E-state index is 14.0. The fourth-order valence-electron chi connectivity index (χ4n) is 1.13. The van der Waals surface area contributed by atoms with Gasteiger partial charge in [0.15, 0.2) is 0 Å². The van der Waals surface area contributed by atoms with Crippen molar-refractivity contribution in [2.24, 2.45) is 0 Å². The van der Waals surface area contributed by atoms with Crippen LogP contribution in [0.15, 0.2) is 0 Å². The molecule has 0 aromatic heterocycles. The number of aliphatic hydroxyl groups is 1. The number of hydrogen-bond acceptors (Lipinski definition) is 6. The van der Waals surface area contributed by atoms with Crippen LogP contribution in [0.4, 0.5) is 8.78 Å². The summed E-state index contributed by atoms with van der Waals surface area (Å²) in [6.45, 7) is 2.49. The lowest BCUT2D eigenvalue weighted by atomic mass is 10.1. The molecule has 0 fully saturated rings. The van der Waals surface area contributed by atoms with E-state index in [0.29, 0.717) is 6.92 Å². The summed E-state index contributed by atoms with van der Waals surface area (Å²) in [5.41, 5.74) is -7.75. The van der Waals surface area contributed by atoms with Crippen LogP contribution in [-0.4, -0.2) is 42.7 Å². The largest absolute Gasteiger partial charge is 0.467 e. The van der Waals surface area contributed by atoms with Crippen LogP contribution in [0, 0.1) is 0 Å². The van der Waals surface area contributed by atoms with Crippen LogP contribution >= 0.6 is 7.60 Å². The molecule has 0 amide bonds. The number of alkyl halides is 2. The van der Waals surface area contributed by atoms with E-state index in [2.05, 4.69) is 13.8 Å². The quantitative estimate of drug-likeness (QED) is 0.568. The summed E-state index contributed by atoms with van der Waals surface area (Å²) in [4.78, 5) is 11.2. The number of esters is 1. The van der Waals surface area contributed by atoms with Gasteiger partial charge in [-0.05, 0) is 20.8 Å². The minimum absolute atomic E-state index is 0.329. The normalized spacial score (nSPS) is 16.2. The molecule has 1 atom stereocenters. The molecule has 0 aromatic rings. The molecule has 1 unspecified atom stereocenters. The highest BCUT2D eigenvalue weighted by Crippen LogP contribution is 2.65. The lowest BCUT2D eigenvalue weighted by Crippen LogP contribution is -2.52. The third-order valence-electron chi connectivity index (χ3n) is 2.11. The molecule has 0 aromatic carbocycles. The van der Waals surface area contributed by atoms with Crippen molar-refractivity contribution in [3.05, 3.63) is 0 Å². The molecule has 0 aliphatic heterocycles. The van der Waals surface area contributed by atoms with Gasteiger partial charge in [0.2, 0.25) is 5.60 Å². The molecular weight excluding hydrogens is 273 g/mol. The Labute approximate surface area is 104 Å². The maximum absolute atomic E-state index is 14.0. The summed E-state index contributed by atoms with van der Waals surface area (Å²) >= 11 is 0. The van der Waals surface area contributed by atoms with Crippen molar-refractivity contribution in [3.63, 3.8) is 0 Å². The fourth-order valence-corrected chi connectivity index (χ4v) is 2.83. The Morgan fingerprint density at radius 2 is 1.67 bits per heavy atom. The Balaban J connectivity index is 5.55. The molecular formula is C9H17F2O6P. The average molecular weight is 290 g/mol. The number of ether oxygens (including phenoxy) is 1. The number of carbonyl (C=O) groups is 1. The van der Waals surface area contributed by atoms with Gasteiger partial charge in [-0.1, -0.05) is 0 Å². The minimum Gasteiger partial charge on any atom is -0.467 e. The summed E-state index contributed by atoms with van der Waals surface area (Å²) in [5, 5.41) is 9.54. The van der Waals surface area contributed by atoms with Crippen LogP contribution < -0.4 is 0 Å². The SMILES string of the molecule is CCOP(=O)(OCC)C(F)(F)C(C)(O)C(=O)OC. The molecule has 0 radical (unpaired) electrons. The van der Waals surface area contributed by atoms with Gasteiger partial charge in [0, 0.05) is 0 Å². The van der Waals surface area contributed by atoms with Gasteiger partial charge >= 0.3 is 19.2 Å². The summed E-state index contributed by atoms with van der Waals surface area (Å²) in [6, 6.07) is 0. The van der Waals surface area contributed by atoms with Crippen LogP contribution in [0.25, 0.3) is 0 Å². The highest BCUT2D eigenvalue weighted by atomic mass is 31.2. The Hall–Kier alpha value is -0.560. The van der Waals surface area contributed by atoms with E-state index < -0.39 is 24.8 Å². The van der Waals surface area contributed by atoms with Crippen molar-refractivity contribution in [2.45, 2.75) is 32.0 Å². The minimum atomic E-state index is -5.00. The van der Waals surface area contributed by atoms with E-state index in [9.17, 15) is 23.2 Å². The van der Waals surface area contributed by atoms with Crippen LogP contribution in [0.1, 0.15) is 20.8 Å². The van der Waals surface area contributed by atoms with E-state index in [1.807, 2.05) is 0 Å². The molecule has 0 saturated heterocycles. The summed E-state index contributed by atoms with van der Waals surface area (Å²) in [5.74, 6) is -1.63. The van der Waals surface area contributed by atoms with E-state index in [0.717, 1.165) is 7.11 Å². The van der Waals surface area contributed by atoms with Crippen molar-refractivity contribution < 1.29 is 37.0 Å². The Bertz CT molecular complexity index is 334. The van der Waals surface area contributed by atoms with E-state index >= 15 is 0 Å². The highest BCUT2D eigenvalue weighted by Gasteiger charge is 2.69. The molecule has 0 heterocycles. The molecule has 108 valence electrons. The molecule has 0 aliphatic carbocycles. The lowest BCUT2D eigenvalue weighted by Gasteiger charge is -2.33. The first kappa shape index (κ1) is 17.4. The fraction of sp³-hybridized carbons (Fsp3) is 0.889. The smallest absolute Gasteiger partial charge is 0.403 e. The molecule has 0 saturated carbocycles. The van der Waals surface area contributed by atoms with Crippen molar-refractivity contribution in [2.75, 3.05) is 20.3 Å². The number of methoxy groups -OCH3 is 1. The second kappa shape index (κ2) is 6.06. The van der Waals surface area contributed by atoms with Gasteiger partial charge in [-0.15, -0.1) is 0 Å². The van der Waals surface area contributed by atoms with Crippen molar-refractivity contribution in [1.29, 1.82) is 0 Å². The van der Waals surface area contributed by atoms with Crippen molar-refractivity contribution >= 4 is 13.6 Å². The molecule has 0 bridgehead atoms. The van der Waals surface area contributed by atoms with Crippen LogP contribution in [-0.2, 0) is 23.1 Å². The first-order valence-corrected chi connectivity index (χ1v) is 6.72. The molecule has 18 heavy (non-hydrogen) atoms. The lowest BCUT2D eigenvalue weighted by molar-refractivity contribution is -0.187. The summed E-state index contributed by atoms with van der Waals surface area (Å²) in [7, 11) is -4.18. The second-order valence-corrected chi connectivity index (χ2v) is 5.51. The van der Waals surface area contributed by atoms with E-state index in [-0.39, 0.29) is 13.2 Å². The zero-order valence-electron chi connectivity index (χ0n) is 10.6. The van der Waals surface area contributed by atoms with Gasteiger partial charge in [-0.2, -0.15) is 8.78 Å². The number of carbonyl (C=O) groups excluding carboxylic acids is 1. The number of hydrogen-bond donors (Lipinski definition) is 1. The zero-order chi connectivity index (χ0) is 14.6. The Morgan fingerprint density at radius 1 is 1.28 bits per heavy atom. The first-order chi connectivity index (χ1) is 8.10. The van der Waals surface area contributed by atoms with Crippen LogP contribution in [0.2, 0.25) is 0 Å². The third kappa shape index (κ3) is 2.88. The molecule has 0 aliphatic rings. The number of halogens is 2. The van der Waals surface area contributed by atoms with Gasteiger partial charge in [0.25, 0.3) is 0 Å². The van der Waals surface area contributed by atoms with E-state index in [4.69, 9.17) is 0 Å². The van der Waals surface area contributed by atoms with Gasteiger partial charge in [-0.3, -0.25) is 4.57 Å². The summed E-state index contributed by atoms with van der Waals surface area (Å²) in [6.07, 6.45) is 0. The average Bonchev–Trinajstić information content (AvgIpc) is 2.28. The molecule has 1 N–H and O–H groups in total. The zero-order valence-corrected chi connectivity index (χ0v) is 11.5. The monoisotopic (exact) mass is 290 g/mol.